The summed E-state index contributed by atoms with van der Waals surface area (Å²) in [6.45, 7) is 4.33. The van der Waals surface area contributed by atoms with Crippen molar-refractivity contribution in [3.05, 3.63) is 16.9 Å². The zero-order valence-corrected chi connectivity index (χ0v) is 11.7. The summed E-state index contributed by atoms with van der Waals surface area (Å²) >= 11 is 5.91. The van der Waals surface area contributed by atoms with E-state index in [4.69, 9.17) is 11.6 Å². The van der Waals surface area contributed by atoms with Crippen molar-refractivity contribution in [3.63, 3.8) is 0 Å². The number of carbonyl (C=O) groups excluding carboxylic acids is 1. The highest BCUT2D eigenvalue weighted by Crippen LogP contribution is 2.23. The molecular formula is C13H20ClN3O. The fraction of sp³-hybridized carbons (Fsp3) is 0.692. The van der Waals surface area contributed by atoms with Crippen LogP contribution in [0.1, 0.15) is 38.3 Å². The molecular weight excluding hydrogens is 250 g/mol. The van der Waals surface area contributed by atoms with E-state index in [0.29, 0.717) is 17.0 Å². The van der Waals surface area contributed by atoms with Crippen molar-refractivity contribution in [1.82, 2.24) is 15.1 Å². The van der Waals surface area contributed by atoms with Gasteiger partial charge in [-0.2, -0.15) is 5.10 Å². The molecule has 1 fully saturated rings. The van der Waals surface area contributed by atoms with Gasteiger partial charge in [-0.25, -0.2) is 0 Å². The van der Waals surface area contributed by atoms with Crippen LogP contribution in [0.15, 0.2) is 6.20 Å². The zero-order chi connectivity index (χ0) is 13.1. The molecule has 0 bridgehead atoms. The van der Waals surface area contributed by atoms with Crippen LogP contribution >= 0.6 is 11.6 Å². The largest absolute Gasteiger partial charge is 0.351 e. The van der Waals surface area contributed by atoms with Gasteiger partial charge in [0, 0.05) is 6.04 Å². The zero-order valence-electron chi connectivity index (χ0n) is 10.9. The first-order chi connectivity index (χ1) is 8.58. The minimum absolute atomic E-state index is 0.0246. The summed E-state index contributed by atoms with van der Waals surface area (Å²) < 4.78 is 1.64. The number of hydrogen-bond acceptors (Lipinski definition) is 2. The number of amides is 1. The topological polar surface area (TPSA) is 46.9 Å². The minimum atomic E-state index is 0.0246. The molecule has 0 spiro atoms. The Morgan fingerprint density at radius 2 is 2.28 bits per heavy atom. The lowest BCUT2D eigenvalue weighted by Crippen LogP contribution is -2.42. The van der Waals surface area contributed by atoms with Crippen molar-refractivity contribution < 1.29 is 4.79 Å². The lowest BCUT2D eigenvalue weighted by Gasteiger charge is -2.29. The van der Waals surface area contributed by atoms with Gasteiger partial charge in [-0.3, -0.25) is 9.48 Å². The smallest absolute Gasteiger partial charge is 0.241 e. The molecule has 4 nitrogen and oxygen atoms in total. The van der Waals surface area contributed by atoms with E-state index in [-0.39, 0.29) is 12.5 Å². The first-order valence-corrected chi connectivity index (χ1v) is 6.93. The summed E-state index contributed by atoms with van der Waals surface area (Å²) in [7, 11) is 0. The summed E-state index contributed by atoms with van der Waals surface area (Å²) in [5.41, 5.74) is 0.837. The normalized spacial score (nSPS) is 23.9. The molecule has 1 N–H and O–H groups in total. The molecule has 1 aromatic rings. The van der Waals surface area contributed by atoms with Crippen LogP contribution in [0.3, 0.4) is 0 Å². The third-order valence-corrected chi connectivity index (χ3v) is 4.17. The second-order valence-corrected chi connectivity index (χ2v) is 5.58. The fourth-order valence-corrected chi connectivity index (χ4v) is 2.64. The van der Waals surface area contributed by atoms with E-state index < -0.39 is 0 Å². The summed E-state index contributed by atoms with van der Waals surface area (Å²) in [5, 5.41) is 7.81. The van der Waals surface area contributed by atoms with Gasteiger partial charge < -0.3 is 5.32 Å². The van der Waals surface area contributed by atoms with Crippen LogP contribution in [-0.4, -0.2) is 21.7 Å². The predicted octanol–water partition coefficient (Wildman–Crippen LogP) is 2.54. The van der Waals surface area contributed by atoms with E-state index in [0.717, 1.165) is 12.1 Å². The average molecular weight is 270 g/mol. The van der Waals surface area contributed by atoms with Gasteiger partial charge in [0.2, 0.25) is 5.91 Å². The maximum Gasteiger partial charge on any atom is 0.241 e. The highest BCUT2D eigenvalue weighted by atomic mass is 35.5. The first-order valence-electron chi connectivity index (χ1n) is 6.55. The van der Waals surface area contributed by atoms with Crippen molar-refractivity contribution >= 4 is 17.5 Å². The van der Waals surface area contributed by atoms with E-state index in [1.807, 2.05) is 6.92 Å². The van der Waals surface area contributed by atoms with Gasteiger partial charge >= 0.3 is 0 Å². The molecule has 2 unspecified atom stereocenters. The predicted molar refractivity (Wildman–Crippen MR) is 71.5 cm³/mol. The highest BCUT2D eigenvalue weighted by Gasteiger charge is 2.23. The van der Waals surface area contributed by atoms with E-state index in [2.05, 4.69) is 17.3 Å². The molecule has 5 heteroatoms. The Hall–Kier alpha value is -1.03. The molecule has 0 radical (unpaired) electrons. The number of nitrogens with one attached hydrogen (secondary N) is 1. The maximum absolute atomic E-state index is 12.0. The number of aromatic nitrogens is 2. The van der Waals surface area contributed by atoms with Crippen LogP contribution < -0.4 is 5.32 Å². The highest BCUT2D eigenvalue weighted by molar-refractivity contribution is 6.31. The van der Waals surface area contributed by atoms with Crippen LogP contribution in [0.5, 0.6) is 0 Å². The Morgan fingerprint density at radius 1 is 1.56 bits per heavy atom. The van der Waals surface area contributed by atoms with Gasteiger partial charge in [-0.1, -0.05) is 31.4 Å². The van der Waals surface area contributed by atoms with Gasteiger partial charge in [-0.15, -0.1) is 0 Å². The first kappa shape index (κ1) is 13.4. The SMILES string of the molecule is Cc1c(Cl)cnn1CC(=O)NC1CCCCC1C. The van der Waals surface area contributed by atoms with Gasteiger partial charge in [0.05, 0.1) is 16.9 Å². The Kier molecular flexibility index (Phi) is 4.27. The summed E-state index contributed by atoms with van der Waals surface area (Å²) in [4.78, 5) is 12.0. The number of carbonyl (C=O) groups is 1. The third kappa shape index (κ3) is 3.05. The number of nitrogens with zero attached hydrogens (tertiary/aromatic N) is 2. The van der Waals surface area contributed by atoms with Gasteiger partial charge in [0.25, 0.3) is 0 Å². The fourth-order valence-electron chi connectivity index (χ4n) is 2.50. The van der Waals surface area contributed by atoms with Crippen LogP contribution in [0, 0.1) is 12.8 Å². The van der Waals surface area contributed by atoms with Gasteiger partial charge in [-0.05, 0) is 25.7 Å². The molecule has 1 aromatic heterocycles. The van der Waals surface area contributed by atoms with Crippen molar-refractivity contribution in [3.8, 4) is 0 Å². The van der Waals surface area contributed by atoms with Crippen molar-refractivity contribution in [2.24, 2.45) is 5.92 Å². The number of rotatable bonds is 3. The van der Waals surface area contributed by atoms with Gasteiger partial charge in [0.1, 0.15) is 6.54 Å². The van der Waals surface area contributed by atoms with Crippen LogP contribution in [0.4, 0.5) is 0 Å². The Labute approximate surface area is 113 Å². The molecule has 1 aliphatic rings. The Morgan fingerprint density at radius 3 is 2.89 bits per heavy atom. The molecule has 2 atom stereocenters. The molecule has 18 heavy (non-hydrogen) atoms. The average Bonchev–Trinajstić information content (AvgIpc) is 2.64. The number of hydrogen-bond donors (Lipinski definition) is 1. The standard InChI is InChI=1S/C13H20ClN3O/c1-9-5-3-4-6-12(9)16-13(18)8-17-10(2)11(14)7-15-17/h7,9,12H,3-6,8H2,1-2H3,(H,16,18). The van der Waals surface area contributed by atoms with E-state index in [1.54, 1.807) is 10.9 Å². The quantitative estimate of drug-likeness (QED) is 0.917. The van der Waals surface area contributed by atoms with Crippen molar-refractivity contribution in [1.29, 1.82) is 0 Å². The molecule has 1 heterocycles. The molecule has 0 aromatic carbocycles. The van der Waals surface area contributed by atoms with Crippen molar-refractivity contribution in [2.45, 2.75) is 52.1 Å². The van der Waals surface area contributed by atoms with E-state index in [1.165, 1.54) is 19.3 Å². The Bertz CT molecular complexity index is 430. The van der Waals surface area contributed by atoms with Crippen molar-refractivity contribution in [2.75, 3.05) is 0 Å². The van der Waals surface area contributed by atoms with E-state index in [9.17, 15) is 4.79 Å². The summed E-state index contributed by atoms with van der Waals surface area (Å²) in [6.07, 6.45) is 6.36. The van der Waals surface area contributed by atoms with Crippen LogP contribution in [0.2, 0.25) is 5.02 Å². The molecule has 0 saturated heterocycles. The molecule has 1 amide bonds. The molecule has 2 rings (SSSR count). The molecule has 1 aliphatic carbocycles. The van der Waals surface area contributed by atoms with Crippen LogP contribution in [-0.2, 0) is 11.3 Å². The second-order valence-electron chi connectivity index (χ2n) is 5.17. The lowest BCUT2D eigenvalue weighted by atomic mass is 9.86. The maximum atomic E-state index is 12.0. The number of halogens is 1. The Balaban J connectivity index is 1.90. The lowest BCUT2D eigenvalue weighted by molar-refractivity contribution is -0.123. The summed E-state index contributed by atoms with van der Waals surface area (Å²) in [6, 6.07) is 0.317. The second kappa shape index (κ2) is 5.74. The molecule has 0 aliphatic heterocycles. The van der Waals surface area contributed by atoms with E-state index >= 15 is 0 Å². The third-order valence-electron chi connectivity index (χ3n) is 3.79. The molecule has 1 saturated carbocycles. The van der Waals surface area contributed by atoms with Gasteiger partial charge in [0.15, 0.2) is 0 Å². The van der Waals surface area contributed by atoms with Crippen LogP contribution in [0.25, 0.3) is 0 Å². The minimum Gasteiger partial charge on any atom is -0.351 e. The molecule has 100 valence electrons. The summed E-state index contributed by atoms with van der Waals surface area (Å²) in [5.74, 6) is 0.599. The monoisotopic (exact) mass is 269 g/mol.